The van der Waals surface area contributed by atoms with E-state index in [1.165, 1.54) is 0 Å². The molecule has 0 aromatic heterocycles. The first-order valence-corrected chi connectivity index (χ1v) is 7.23. The van der Waals surface area contributed by atoms with E-state index >= 15 is 0 Å². The lowest BCUT2D eigenvalue weighted by atomic mass is 10.2. The smallest absolute Gasteiger partial charge is 0.272 e. The van der Waals surface area contributed by atoms with Gasteiger partial charge in [0, 0.05) is 0 Å². The van der Waals surface area contributed by atoms with E-state index in [0.717, 1.165) is 0 Å². The Kier molecular flexibility index (Phi) is 4.05. The minimum Gasteiger partial charge on any atom is -0.347 e. The van der Waals surface area contributed by atoms with Gasteiger partial charge in [-0.25, -0.2) is 8.42 Å². The van der Waals surface area contributed by atoms with Gasteiger partial charge >= 0.3 is 0 Å². The summed E-state index contributed by atoms with van der Waals surface area (Å²) >= 11 is 21.7. The molecule has 0 unspecified atom stereocenters. The second-order valence-corrected chi connectivity index (χ2v) is 8.17. The van der Waals surface area contributed by atoms with Gasteiger partial charge in [0.1, 0.15) is 0 Å². The molecule has 4 nitrogen and oxygen atoms in total. The van der Waals surface area contributed by atoms with Gasteiger partial charge in [-0.3, -0.25) is 4.79 Å². The molecule has 0 spiro atoms. The topological polar surface area (TPSA) is 63.2 Å². The molecule has 0 bridgehead atoms. The molecule has 0 radical (unpaired) electrons. The zero-order valence-corrected chi connectivity index (χ0v) is 11.1. The molecule has 88 valence electrons. The average molecular weight is 315 g/mol. The largest absolute Gasteiger partial charge is 0.347 e. The number of nitrogens with one attached hydrogen (secondary N) is 1. The van der Waals surface area contributed by atoms with Crippen molar-refractivity contribution in [1.82, 2.24) is 5.32 Å². The number of halogens is 4. The van der Waals surface area contributed by atoms with E-state index in [1.807, 2.05) is 0 Å². The third kappa shape index (κ3) is 3.82. The van der Waals surface area contributed by atoms with Crippen LogP contribution < -0.4 is 5.32 Å². The molecule has 0 saturated carbocycles. The summed E-state index contributed by atoms with van der Waals surface area (Å²) in [5.74, 6) is -1.28. The molecule has 2 atom stereocenters. The van der Waals surface area contributed by atoms with Crippen LogP contribution in [-0.4, -0.2) is 41.0 Å². The predicted octanol–water partition coefficient (Wildman–Crippen LogP) is 0.877. The maximum atomic E-state index is 11.2. The lowest BCUT2D eigenvalue weighted by molar-refractivity contribution is -0.120. The van der Waals surface area contributed by atoms with E-state index in [4.69, 9.17) is 46.4 Å². The number of sulfone groups is 1. The highest BCUT2D eigenvalue weighted by atomic mass is 35.6. The van der Waals surface area contributed by atoms with Gasteiger partial charge in [0.25, 0.3) is 9.70 Å². The molecule has 0 aromatic rings. The summed E-state index contributed by atoms with van der Waals surface area (Å²) in [6.45, 7) is 0. The van der Waals surface area contributed by atoms with E-state index < -0.39 is 31.0 Å². The van der Waals surface area contributed by atoms with Crippen molar-refractivity contribution in [3.05, 3.63) is 0 Å². The van der Waals surface area contributed by atoms with Gasteiger partial charge in [-0.15, -0.1) is 11.6 Å². The van der Waals surface area contributed by atoms with E-state index in [0.29, 0.717) is 0 Å². The van der Waals surface area contributed by atoms with Crippen molar-refractivity contribution in [3.8, 4) is 0 Å². The lowest BCUT2D eigenvalue weighted by Gasteiger charge is -2.17. The third-order valence-electron chi connectivity index (χ3n) is 1.86. The molecule has 1 rings (SSSR count). The first-order valence-electron chi connectivity index (χ1n) is 3.84. The molecule has 1 aliphatic rings. The first-order chi connectivity index (χ1) is 6.62. The Hall–Kier alpha value is 0.580. The molecule has 0 aliphatic carbocycles. The number of hydrogen-bond donors (Lipinski definition) is 1. The summed E-state index contributed by atoms with van der Waals surface area (Å²) < 4.78 is 20.2. The SMILES string of the molecule is O=C(N[C@@H]1CS(=O)(=O)C[C@H]1Cl)C(Cl)(Cl)Cl. The third-order valence-corrected chi connectivity index (χ3v) is 4.75. The molecule has 1 heterocycles. The molecule has 9 heteroatoms. The summed E-state index contributed by atoms with van der Waals surface area (Å²) in [6, 6.07) is -0.709. The van der Waals surface area contributed by atoms with Gasteiger partial charge in [-0.1, -0.05) is 34.8 Å². The van der Waals surface area contributed by atoms with Gasteiger partial charge in [-0.2, -0.15) is 0 Å². The Labute approximate surface area is 107 Å². The Balaban J connectivity index is 2.66. The predicted molar refractivity (Wildman–Crippen MR) is 60.5 cm³/mol. The fourth-order valence-electron chi connectivity index (χ4n) is 1.19. The monoisotopic (exact) mass is 313 g/mol. The fraction of sp³-hybridized carbons (Fsp3) is 0.833. The fourth-order valence-corrected chi connectivity index (χ4v) is 3.90. The molecule has 1 fully saturated rings. The van der Waals surface area contributed by atoms with Crippen LogP contribution in [-0.2, 0) is 14.6 Å². The normalized spacial score (nSPS) is 30.1. The van der Waals surface area contributed by atoms with Crippen LogP contribution >= 0.6 is 46.4 Å². The van der Waals surface area contributed by atoms with Crippen LogP contribution in [0.2, 0.25) is 0 Å². The number of carbonyl (C=O) groups is 1. The summed E-state index contributed by atoms with van der Waals surface area (Å²) in [4.78, 5) is 11.2. The Bertz CT molecular complexity index is 363. The molecule has 15 heavy (non-hydrogen) atoms. The number of carbonyl (C=O) groups excluding carboxylic acids is 1. The second kappa shape index (κ2) is 4.45. The van der Waals surface area contributed by atoms with Crippen LogP contribution in [0.25, 0.3) is 0 Å². The van der Waals surface area contributed by atoms with Crippen molar-refractivity contribution in [1.29, 1.82) is 0 Å². The van der Waals surface area contributed by atoms with Gasteiger partial charge < -0.3 is 5.32 Å². The summed E-state index contributed by atoms with van der Waals surface area (Å²) in [5.41, 5.74) is 0. The molecular formula is C6H7Cl4NO3S. The minimum atomic E-state index is -3.21. The zero-order chi connectivity index (χ0) is 11.9. The Morgan fingerprint density at radius 1 is 1.27 bits per heavy atom. The highest BCUT2D eigenvalue weighted by Gasteiger charge is 2.40. The zero-order valence-electron chi connectivity index (χ0n) is 7.21. The van der Waals surface area contributed by atoms with Gasteiger partial charge in [0.05, 0.1) is 22.9 Å². The van der Waals surface area contributed by atoms with Crippen LogP contribution in [0, 0.1) is 0 Å². The Morgan fingerprint density at radius 2 is 1.80 bits per heavy atom. The van der Waals surface area contributed by atoms with Gasteiger partial charge in [0.15, 0.2) is 9.84 Å². The summed E-state index contributed by atoms with van der Waals surface area (Å²) in [5, 5.41) is 1.59. The van der Waals surface area contributed by atoms with Crippen molar-refractivity contribution in [3.63, 3.8) is 0 Å². The minimum absolute atomic E-state index is 0.181. The van der Waals surface area contributed by atoms with Crippen molar-refractivity contribution in [2.45, 2.75) is 15.2 Å². The molecule has 1 saturated heterocycles. The van der Waals surface area contributed by atoms with Crippen molar-refractivity contribution >= 4 is 62.1 Å². The number of hydrogen-bond acceptors (Lipinski definition) is 3. The van der Waals surface area contributed by atoms with E-state index in [1.54, 1.807) is 0 Å². The number of alkyl halides is 4. The van der Waals surface area contributed by atoms with Crippen LogP contribution in [0.3, 0.4) is 0 Å². The maximum absolute atomic E-state index is 11.2. The van der Waals surface area contributed by atoms with E-state index in [-0.39, 0.29) is 11.5 Å². The number of rotatable bonds is 1. The van der Waals surface area contributed by atoms with Gasteiger partial charge in [-0.05, 0) is 0 Å². The summed E-state index contributed by atoms with van der Waals surface area (Å²) in [7, 11) is -3.21. The molecule has 0 aromatic carbocycles. The van der Waals surface area contributed by atoms with Crippen molar-refractivity contribution < 1.29 is 13.2 Å². The van der Waals surface area contributed by atoms with E-state index in [9.17, 15) is 13.2 Å². The molecule has 1 N–H and O–H groups in total. The highest BCUT2D eigenvalue weighted by molar-refractivity contribution is 7.91. The van der Waals surface area contributed by atoms with Crippen molar-refractivity contribution in [2.24, 2.45) is 0 Å². The quantitative estimate of drug-likeness (QED) is 0.731. The highest BCUT2D eigenvalue weighted by Crippen LogP contribution is 2.27. The maximum Gasteiger partial charge on any atom is 0.272 e. The molecular weight excluding hydrogens is 308 g/mol. The van der Waals surface area contributed by atoms with Crippen LogP contribution in [0.1, 0.15) is 0 Å². The molecule has 1 amide bonds. The van der Waals surface area contributed by atoms with Crippen LogP contribution in [0.5, 0.6) is 0 Å². The standard InChI is InChI=1S/C6H7Cl4NO3S/c7-3-1-15(13,14)2-4(3)11-5(12)6(8,9)10/h3-4H,1-2H2,(H,11,12)/t3-,4-/m1/s1. The molecule has 1 aliphatic heterocycles. The van der Waals surface area contributed by atoms with Crippen LogP contribution in [0.4, 0.5) is 0 Å². The lowest BCUT2D eigenvalue weighted by Crippen LogP contribution is -2.45. The second-order valence-electron chi connectivity index (χ2n) is 3.17. The number of amides is 1. The average Bonchev–Trinajstić information content (AvgIpc) is 2.22. The van der Waals surface area contributed by atoms with Gasteiger partial charge in [0.2, 0.25) is 0 Å². The van der Waals surface area contributed by atoms with Crippen LogP contribution in [0.15, 0.2) is 0 Å². The Morgan fingerprint density at radius 3 is 2.13 bits per heavy atom. The van der Waals surface area contributed by atoms with E-state index in [2.05, 4.69) is 5.32 Å². The summed E-state index contributed by atoms with van der Waals surface area (Å²) in [6.07, 6.45) is 0. The first kappa shape index (κ1) is 13.6. The van der Waals surface area contributed by atoms with Crippen molar-refractivity contribution in [2.75, 3.05) is 11.5 Å².